The van der Waals surface area contributed by atoms with Crippen LogP contribution in [0.15, 0.2) is 0 Å². The summed E-state index contributed by atoms with van der Waals surface area (Å²) >= 11 is 0. The summed E-state index contributed by atoms with van der Waals surface area (Å²) in [4.78, 5) is 2.61. The second-order valence-electron chi connectivity index (χ2n) is 6.90. The van der Waals surface area contributed by atoms with E-state index in [2.05, 4.69) is 24.1 Å². The molecule has 0 aromatic carbocycles. The monoisotopic (exact) mass is 284 g/mol. The lowest BCUT2D eigenvalue weighted by Gasteiger charge is -2.46. The summed E-state index contributed by atoms with van der Waals surface area (Å²) < 4.78 is 12.6. The van der Waals surface area contributed by atoms with Gasteiger partial charge >= 0.3 is 0 Å². The van der Waals surface area contributed by atoms with E-state index in [1.54, 1.807) is 0 Å². The Bertz CT molecular complexity index is 266. The van der Waals surface area contributed by atoms with Gasteiger partial charge in [0.2, 0.25) is 0 Å². The minimum absolute atomic E-state index is 0.171. The number of halogens is 1. The number of hydrogen-bond acceptors (Lipinski definition) is 2. The van der Waals surface area contributed by atoms with Gasteiger partial charge in [-0.05, 0) is 31.1 Å². The summed E-state index contributed by atoms with van der Waals surface area (Å²) in [6.07, 6.45) is 8.90. The van der Waals surface area contributed by atoms with E-state index in [9.17, 15) is 4.39 Å². The van der Waals surface area contributed by atoms with E-state index in [1.165, 1.54) is 38.5 Å². The molecule has 0 spiro atoms. The molecule has 3 heteroatoms. The zero-order chi connectivity index (χ0) is 14.4. The lowest BCUT2D eigenvalue weighted by molar-refractivity contribution is 0.0568. The van der Waals surface area contributed by atoms with E-state index in [1.807, 2.05) is 0 Å². The van der Waals surface area contributed by atoms with Crippen LogP contribution in [0.25, 0.3) is 0 Å². The summed E-state index contributed by atoms with van der Waals surface area (Å²) in [7, 11) is 0. The normalized spacial score (nSPS) is 31.4. The van der Waals surface area contributed by atoms with Crippen molar-refractivity contribution in [3.63, 3.8) is 0 Å². The molecular weight excluding hydrogens is 251 g/mol. The fourth-order valence-corrected chi connectivity index (χ4v) is 4.02. The first-order valence-corrected chi connectivity index (χ1v) is 8.79. The van der Waals surface area contributed by atoms with E-state index in [4.69, 9.17) is 0 Å². The largest absolute Gasteiger partial charge is 0.311 e. The highest BCUT2D eigenvalue weighted by molar-refractivity contribution is 4.92. The lowest BCUT2D eigenvalue weighted by Crippen LogP contribution is -2.60. The van der Waals surface area contributed by atoms with Crippen molar-refractivity contribution >= 4 is 0 Å². The van der Waals surface area contributed by atoms with Crippen LogP contribution in [0.2, 0.25) is 0 Å². The summed E-state index contributed by atoms with van der Waals surface area (Å²) in [5.41, 5.74) is 0. The SMILES string of the molecule is CCC(C)C1CN(CCCF)C(C2CCCCC2)CN1. The van der Waals surface area contributed by atoms with Crippen molar-refractivity contribution < 1.29 is 4.39 Å². The second-order valence-corrected chi connectivity index (χ2v) is 6.90. The maximum absolute atomic E-state index is 12.6. The molecule has 20 heavy (non-hydrogen) atoms. The number of hydrogen-bond donors (Lipinski definition) is 1. The molecule has 1 saturated heterocycles. The van der Waals surface area contributed by atoms with Crippen LogP contribution in [0.1, 0.15) is 58.8 Å². The van der Waals surface area contributed by atoms with Gasteiger partial charge in [-0.15, -0.1) is 0 Å². The molecule has 1 N–H and O–H groups in total. The molecule has 0 aromatic rings. The van der Waals surface area contributed by atoms with Crippen molar-refractivity contribution in [1.29, 1.82) is 0 Å². The molecule has 3 atom stereocenters. The van der Waals surface area contributed by atoms with Crippen molar-refractivity contribution in [1.82, 2.24) is 10.2 Å². The summed E-state index contributed by atoms with van der Waals surface area (Å²) in [6, 6.07) is 1.25. The van der Waals surface area contributed by atoms with Crippen molar-refractivity contribution in [2.45, 2.75) is 70.9 Å². The van der Waals surface area contributed by atoms with Gasteiger partial charge < -0.3 is 5.32 Å². The molecule has 0 bridgehead atoms. The molecule has 2 nitrogen and oxygen atoms in total. The van der Waals surface area contributed by atoms with Crippen LogP contribution in [-0.2, 0) is 0 Å². The highest BCUT2D eigenvalue weighted by atomic mass is 19.1. The summed E-state index contributed by atoms with van der Waals surface area (Å²) in [5, 5.41) is 3.79. The molecule has 3 unspecified atom stereocenters. The average molecular weight is 284 g/mol. The Hall–Kier alpha value is -0.150. The molecule has 1 heterocycles. The first-order valence-electron chi connectivity index (χ1n) is 8.79. The molecule has 2 rings (SSSR count). The van der Waals surface area contributed by atoms with Crippen LogP contribution in [-0.4, -0.2) is 43.3 Å². The molecule has 1 aliphatic heterocycles. The lowest BCUT2D eigenvalue weighted by atomic mass is 9.81. The average Bonchev–Trinajstić information content (AvgIpc) is 2.52. The third-order valence-electron chi connectivity index (χ3n) is 5.59. The minimum Gasteiger partial charge on any atom is -0.311 e. The Morgan fingerprint density at radius 3 is 2.65 bits per heavy atom. The van der Waals surface area contributed by atoms with Gasteiger partial charge in [0, 0.05) is 31.7 Å². The molecular formula is C17H33FN2. The van der Waals surface area contributed by atoms with Crippen molar-refractivity contribution in [2.24, 2.45) is 11.8 Å². The van der Waals surface area contributed by atoms with E-state index in [0.29, 0.717) is 18.5 Å². The minimum atomic E-state index is -0.171. The van der Waals surface area contributed by atoms with Gasteiger partial charge in [-0.1, -0.05) is 39.5 Å². The third-order valence-corrected chi connectivity index (χ3v) is 5.59. The van der Waals surface area contributed by atoms with E-state index >= 15 is 0 Å². The number of nitrogens with one attached hydrogen (secondary N) is 1. The summed E-state index contributed by atoms with van der Waals surface area (Å²) in [6.45, 7) is 7.63. The van der Waals surface area contributed by atoms with Gasteiger partial charge in [0.25, 0.3) is 0 Å². The fraction of sp³-hybridized carbons (Fsp3) is 1.00. The first kappa shape index (κ1) is 16.2. The van der Waals surface area contributed by atoms with Crippen LogP contribution in [0, 0.1) is 11.8 Å². The van der Waals surface area contributed by atoms with Crippen LogP contribution in [0.5, 0.6) is 0 Å². The van der Waals surface area contributed by atoms with Crippen LogP contribution in [0.4, 0.5) is 4.39 Å². The van der Waals surface area contributed by atoms with E-state index in [0.717, 1.165) is 31.5 Å². The zero-order valence-electron chi connectivity index (χ0n) is 13.4. The van der Waals surface area contributed by atoms with Crippen LogP contribution >= 0.6 is 0 Å². The molecule has 2 aliphatic rings. The van der Waals surface area contributed by atoms with Gasteiger partial charge in [-0.2, -0.15) is 0 Å². The Balaban J connectivity index is 1.95. The quantitative estimate of drug-likeness (QED) is 0.801. The van der Waals surface area contributed by atoms with Gasteiger partial charge in [-0.25, -0.2) is 0 Å². The van der Waals surface area contributed by atoms with Crippen molar-refractivity contribution in [3.05, 3.63) is 0 Å². The molecule has 0 amide bonds. The molecule has 118 valence electrons. The first-order chi connectivity index (χ1) is 9.76. The van der Waals surface area contributed by atoms with Gasteiger partial charge in [0.1, 0.15) is 0 Å². The zero-order valence-corrected chi connectivity index (χ0v) is 13.4. The standard InChI is InChI=1S/C17H33FN2/c1-3-14(2)16-13-20(11-7-10-18)17(12-19-16)15-8-5-4-6-9-15/h14-17,19H,3-13H2,1-2H3. The van der Waals surface area contributed by atoms with E-state index in [-0.39, 0.29) is 6.67 Å². The Morgan fingerprint density at radius 1 is 1.25 bits per heavy atom. The number of alkyl halides is 1. The third kappa shape index (κ3) is 4.17. The highest BCUT2D eigenvalue weighted by Gasteiger charge is 2.34. The van der Waals surface area contributed by atoms with Crippen molar-refractivity contribution in [3.8, 4) is 0 Å². The smallest absolute Gasteiger partial charge is 0.0906 e. The maximum Gasteiger partial charge on any atom is 0.0906 e. The number of rotatable bonds is 6. The van der Waals surface area contributed by atoms with E-state index < -0.39 is 0 Å². The van der Waals surface area contributed by atoms with Gasteiger partial charge in [0.15, 0.2) is 0 Å². The highest BCUT2D eigenvalue weighted by Crippen LogP contribution is 2.31. The molecule has 0 aromatic heterocycles. The molecule has 0 radical (unpaired) electrons. The van der Waals surface area contributed by atoms with Crippen molar-refractivity contribution in [2.75, 3.05) is 26.3 Å². The molecule has 2 fully saturated rings. The van der Waals surface area contributed by atoms with Gasteiger partial charge in [0.05, 0.1) is 6.67 Å². The van der Waals surface area contributed by atoms with Crippen LogP contribution in [0.3, 0.4) is 0 Å². The maximum atomic E-state index is 12.6. The Kier molecular flexibility index (Phi) is 6.76. The fourth-order valence-electron chi connectivity index (χ4n) is 4.02. The Labute approximate surface area is 124 Å². The second kappa shape index (κ2) is 8.33. The topological polar surface area (TPSA) is 15.3 Å². The molecule has 1 aliphatic carbocycles. The number of nitrogens with zero attached hydrogens (tertiary/aromatic N) is 1. The summed E-state index contributed by atoms with van der Waals surface area (Å²) in [5.74, 6) is 1.56. The predicted molar refractivity (Wildman–Crippen MR) is 83.8 cm³/mol. The molecule has 1 saturated carbocycles. The van der Waals surface area contributed by atoms with Crippen LogP contribution < -0.4 is 5.32 Å². The Morgan fingerprint density at radius 2 is 2.00 bits per heavy atom. The van der Waals surface area contributed by atoms with Gasteiger partial charge in [-0.3, -0.25) is 9.29 Å². The number of piperazine rings is 1. The predicted octanol–water partition coefficient (Wildman–Crippen LogP) is 3.61.